The van der Waals surface area contributed by atoms with Crippen LogP contribution in [-0.4, -0.2) is 25.1 Å². The molecule has 1 rings (SSSR count). The number of carbonyl (C=O) groups is 1. The predicted octanol–water partition coefficient (Wildman–Crippen LogP) is 2.80. The number of rotatable bonds is 8. The van der Waals surface area contributed by atoms with E-state index in [-0.39, 0.29) is 5.91 Å². The van der Waals surface area contributed by atoms with E-state index < -0.39 is 0 Å². The number of unbranched alkanes of at least 4 members (excludes halogenated alkanes) is 1. The van der Waals surface area contributed by atoms with Gasteiger partial charge >= 0.3 is 0 Å². The molecule has 1 amide bonds. The monoisotopic (exact) mass is 264 g/mol. The van der Waals surface area contributed by atoms with Crippen LogP contribution in [0.4, 0.5) is 5.69 Å². The van der Waals surface area contributed by atoms with Crippen molar-refractivity contribution in [3.05, 3.63) is 24.3 Å². The normalized spacial score (nSPS) is 10.5. The van der Waals surface area contributed by atoms with Crippen LogP contribution in [0.1, 0.15) is 33.6 Å². The summed E-state index contributed by atoms with van der Waals surface area (Å²) in [5, 5.41) is 5.91. The van der Waals surface area contributed by atoms with E-state index in [0.717, 1.165) is 30.9 Å². The van der Waals surface area contributed by atoms with Crippen molar-refractivity contribution in [3.63, 3.8) is 0 Å². The predicted molar refractivity (Wildman–Crippen MR) is 78.6 cm³/mol. The van der Waals surface area contributed by atoms with Crippen molar-refractivity contribution in [3.8, 4) is 5.75 Å². The summed E-state index contributed by atoms with van der Waals surface area (Å²) >= 11 is 0. The fraction of sp³-hybridized carbons (Fsp3) is 0.533. The molecule has 2 N–H and O–H groups in total. The molecule has 4 heteroatoms. The zero-order chi connectivity index (χ0) is 14.1. The molecule has 0 aliphatic heterocycles. The van der Waals surface area contributed by atoms with Crippen molar-refractivity contribution in [2.24, 2.45) is 0 Å². The summed E-state index contributed by atoms with van der Waals surface area (Å²) in [6, 6.07) is 7.77. The minimum Gasteiger partial charge on any atom is -0.494 e. The second-order valence-electron chi connectivity index (χ2n) is 4.81. The molecule has 0 saturated heterocycles. The lowest BCUT2D eigenvalue weighted by atomic mass is 10.3. The quantitative estimate of drug-likeness (QED) is 0.710. The average molecular weight is 264 g/mol. The van der Waals surface area contributed by atoms with E-state index in [1.165, 1.54) is 0 Å². The van der Waals surface area contributed by atoms with Crippen LogP contribution in [0.5, 0.6) is 5.75 Å². The van der Waals surface area contributed by atoms with Gasteiger partial charge in [-0.25, -0.2) is 0 Å². The Balaban J connectivity index is 2.37. The fourth-order valence-electron chi connectivity index (χ4n) is 1.47. The summed E-state index contributed by atoms with van der Waals surface area (Å²) in [6.07, 6.45) is 2.18. The molecule has 0 fully saturated rings. The fourth-order valence-corrected chi connectivity index (χ4v) is 1.47. The van der Waals surface area contributed by atoms with Gasteiger partial charge in [0, 0.05) is 11.7 Å². The van der Waals surface area contributed by atoms with Gasteiger partial charge in [-0.15, -0.1) is 0 Å². The summed E-state index contributed by atoms with van der Waals surface area (Å²) in [7, 11) is 0. The molecule has 1 aromatic carbocycles. The van der Waals surface area contributed by atoms with Crippen LogP contribution in [-0.2, 0) is 4.79 Å². The van der Waals surface area contributed by atoms with Gasteiger partial charge in [0.15, 0.2) is 0 Å². The van der Waals surface area contributed by atoms with Crippen molar-refractivity contribution in [1.29, 1.82) is 0 Å². The topological polar surface area (TPSA) is 50.4 Å². The summed E-state index contributed by atoms with van der Waals surface area (Å²) in [5.74, 6) is 0.806. The minimum absolute atomic E-state index is 0.0339. The van der Waals surface area contributed by atoms with Gasteiger partial charge in [0.1, 0.15) is 5.75 Å². The Labute approximate surface area is 115 Å². The lowest BCUT2D eigenvalue weighted by Gasteiger charge is -2.10. The van der Waals surface area contributed by atoms with Crippen LogP contribution in [0.2, 0.25) is 0 Å². The highest BCUT2D eigenvalue weighted by Gasteiger charge is 2.03. The van der Waals surface area contributed by atoms with Crippen molar-refractivity contribution in [2.75, 3.05) is 18.5 Å². The molecular weight excluding hydrogens is 240 g/mol. The number of amides is 1. The number of hydrogen-bond acceptors (Lipinski definition) is 3. The van der Waals surface area contributed by atoms with Gasteiger partial charge in [-0.2, -0.15) is 0 Å². The maximum Gasteiger partial charge on any atom is 0.238 e. The van der Waals surface area contributed by atoms with Gasteiger partial charge in [0.2, 0.25) is 5.91 Å². The summed E-state index contributed by atoms with van der Waals surface area (Å²) in [5.41, 5.74) is 0.790. The van der Waals surface area contributed by atoms with E-state index >= 15 is 0 Å². The largest absolute Gasteiger partial charge is 0.494 e. The molecule has 4 nitrogen and oxygen atoms in total. The van der Waals surface area contributed by atoms with Crippen molar-refractivity contribution >= 4 is 11.6 Å². The first kappa shape index (κ1) is 15.5. The van der Waals surface area contributed by atoms with Crippen LogP contribution in [0.3, 0.4) is 0 Å². The van der Waals surface area contributed by atoms with E-state index in [4.69, 9.17) is 4.74 Å². The molecule has 0 saturated carbocycles. The Bertz CT molecular complexity index is 374. The molecular formula is C15H24N2O2. The van der Waals surface area contributed by atoms with E-state index in [2.05, 4.69) is 17.6 Å². The number of nitrogens with one attached hydrogen (secondary N) is 2. The van der Waals surface area contributed by atoms with Crippen LogP contribution in [0, 0.1) is 0 Å². The van der Waals surface area contributed by atoms with Gasteiger partial charge in [-0.3, -0.25) is 4.79 Å². The first-order valence-corrected chi connectivity index (χ1v) is 6.88. The number of hydrogen-bond donors (Lipinski definition) is 2. The maximum absolute atomic E-state index is 11.6. The smallest absolute Gasteiger partial charge is 0.238 e. The first-order chi connectivity index (χ1) is 9.11. The van der Waals surface area contributed by atoms with Crippen molar-refractivity contribution in [1.82, 2.24) is 5.32 Å². The molecule has 0 aromatic heterocycles. The molecule has 0 spiro atoms. The molecule has 0 aliphatic rings. The zero-order valence-electron chi connectivity index (χ0n) is 12.0. The summed E-state index contributed by atoms with van der Waals surface area (Å²) < 4.78 is 5.56. The molecule has 0 aliphatic carbocycles. The van der Waals surface area contributed by atoms with Crippen molar-refractivity contribution in [2.45, 2.75) is 39.7 Å². The Kier molecular flexibility index (Phi) is 6.97. The number of benzene rings is 1. The average Bonchev–Trinajstić information content (AvgIpc) is 2.39. The van der Waals surface area contributed by atoms with E-state index in [9.17, 15) is 4.79 Å². The Morgan fingerprint density at radius 3 is 2.53 bits per heavy atom. The lowest BCUT2D eigenvalue weighted by Crippen LogP contribution is -2.32. The highest BCUT2D eigenvalue weighted by atomic mass is 16.5. The van der Waals surface area contributed by atoms with Crippen LogP contribution < -0.4 is 15.4 Å². The highest BCUT2D eigenvalue weighted by Crippen LogP contribution is 2.15. The zero-order valence-corrected chi connectivity index (χ0v) is 12.0. The van der Waals surface area contributed by atoms with Crippen LogP contribution >= 0.6 is 0 Å². The molecule has 0 radical (unpaired) electrons. The van der Waals surface area contributed by atoms with Gasteiger partial charge in [-0.05, 0) is 30.7 Å². The third-order valence-electron chi connectivity index (χ3n) is 2.58. The summed E-state index contributed by atoms with van der Waals surface area (Å²) in [4.78, 5) is 11.6. The van der Waals surface area contributed by atoms with E-state index in [1.54, 1.807) is 0 Å². The van der Waals surface area contributed by atoms with Gasteiger partial charge < -0.3 is 15.4 Å². The van der Waals surface area contributed by atoms with E-state index in [0.29, 0.717) is 12.6 Å². The molecule has 0 unspecified atom stereocenters. The molecule has 1 aromatic rings. The van der Waals surface area contributed by atoms with Crippen LogP contribution in [0.25, 0.3) is 0 Å². The second-order valence-corrected chi connectivity index (χ2v) is 4.81. The van der Waals surface area contributed by atoms with Crippen molar-refractivity contribution < 1.29 is 9.53 Å². The molecule has 0 bridgehead atoms. The third kappa shape index (κ3) is 6.82. The van der Waals surface area contributed by atoms with E-state index in [1.807, 2.05) is 38.1 Å². The van der Waals surface area contributed by atoms with Gasteiger partial charge in [0.05, 0.1) is 13.2 Å². The molecule has 19 heavy (non-hydrogen) atoms. The first-order valence-electron chi connectivity index (χ1n) is 6.88. The summed E-state index contributed by atoms with van der Waals surface area (Å²) in [6.45, 7) is 7.21. The third-order valence-corrected chi connectivity index (χ3v) is 2.58. The maximum atomic E-state index is 11.6. The van der Waals surface area contributed by atoms with Gasteiger partial charge in [-0.1, -0.05) is 27.2 Å². The molecule has 0 heterocycles. The molecule has 0 atom stereocenters. The molecule has 106 valence electrons. The Morgan fingerprint density at radius 1 is 1.26 bits per heavy atom. The number of anilines is 1. The SMILES string of the molecule is CCCCOc1ccc(NC(=O)CNC(C)C)cc1. The van der Waals surface area contributed by atoms with Crippen LogP contribution in [0.15, 0.2) is 24.3 Å². The Morgan fingerprint density at radius 2 is 1.95 bits per heavy atom. The Hall–Kier alpha value is -1.55. The second kappa shape index (κ2) is 8.53. The number of ether oxygens (including phenoxy) is 1. The lowest BCUT2D eigenvalue weighted by molar-refractivity contribution is -0.115. The minimum atomic E-state index is -0.0339. The highest BCUT2D eigenvalue weighted by molar-refractivity contribution is 5.92. The van der Waals surface area contributed by atoms with Gasteiger partial charge in [0.25, 0.3) is 0 Å². The number of carbonyl (C=O) groups excluding carboxylic acids is 1. The standard InChI is InChI=1S/C15H24N2O2/c1-4-5-10-19-14-8-6-13(7-9-14)17-15(18)11-16-12(2)3/h6-9,12,16H,4-5,10-11H2,1-3H3,(H,17,18).